The Morgan fingerprint density at radius 2 is 1.82 bits per heavy atom. The number of halogens is 3. The highest BCUT2D eigenvalue weighted by Gasteiger charge is 2.35. The molecule has 3 aromatic rings. The number of hydrogen-bond acceptors (Lipinski definition) is 5. The molecule has 1 aromatic heterocycles. The molecular weight excluding hydrogens is 487 g/mol. The molecule has 0 atom stereocenters. The van der Waals surface area contributed by atoms with Crippen LogP contribution in [0.1, 0.15) is 28.8 Å². The van der Waals surface area contributed by atoms with Crippen molar-refractivity contribution in [1.82, 2.24) is 9.29 Å². The predicted octanol–water partition coefficient (Wildman–Crippen LogP) is 4.77. The third-order valence-corrected chi connectivity index (χ3v) is 9.04. The maximum absolute atomic E-state index is 13.0. The van der Waals surface area contributed by atoms with Crippen LogP contribution in [0.3, 0.4) is 0 Å². The number of amides is 1. The zero-order chi connectivity index (χ0) is 24.1. The third-order valence-electron chi connectivity index (χ3n) is 6.17. The Morgan fingerprint density at radius 3 is 2.56 bits per heavy atom. The van der Waals surface area contributed by atoms with Crippen LogP contribution in [0.15, 0.2) is 53.4 Å². The van der Waals surface area contributed by atoms with Gasteiger partial charge in [0.1, 0.15) is 0 Å². The van der Waals surface area contributed by atoms with E-state index in [1.165, 1.54) is 16.9 Å². The summed E-state index contributed by atoms with van der Waals surface area (Å²) in [5.74, 6) is -0.629. The summed E-state index contributed by atoms with van der Waals surface area (Å²) < 4.78 is 65.8. The Balaban J connectivity index is 1.23. The molecule has 2 aromatic carbocycles. The van der Waals surface area contributed by atoms with E-state index in [2.05, 4.69) is 16.4 Å². The standard InChI is InChI=1S/C23H20F3N3O3S2/c24-23(25,26)16-5-3-6-17(13-16)34(31,32)29-10-8-14(9-11-29)21(30)28-22-27-20-18-7-2-1-4-15(18)12-19(20)33-22/h1-7,13-14H,8-12H2,(H,27,28,30). The second kappa shape index (κ2) is 8.47. The molecule has 34 heavy (non-hydrogen) atoms. The number of carbonyl (C=O) groups is 1. The SMILES string of the molecule is O=C(Nc1nc2c(s1)Cc1ccccc1-2)C1CCN(S(=O)(=O)c2cccc(C(F)(F)F)c2)CC1. The van der Waals surface area contributed by atoms with Crippen molar-refractivity contribution in [2.75, 3.05) is 18.4 Å². The van der Waals surface area contributed by atoms with Crippen LogP contribution >= 0.6 is 11.3 Å². The molecule has 1 aliphatic heterocycles. The second-order valence-corrected chi connectivity index (χ2v) is 11.3. The van der Waals surface area contributed by atoms with Gasteiger partial charge >= 0.3 is 6.18 Å². The molecule has 1 N–H and O–H groups in total. The molecule has 6 nitrogen and oxygen atoms in total. The monoisotopic (exact) mass is 507 g/mol. The lowest BCUT2D eigenvalue weighted by Crippen LogP contribution is -2.41. The van der Waals surface area contributed by atoms with Gasteiger partial charge in [0, 0.05) is 35.9 Å². The number of thiazole rings is 1. The molecule has 0 unspecified atom stereocenters. The fourth-order valence-corrected chi connectivity index (χ4v) is 6.88. The maximum atomic E-state index is 13.0. The van der Waals surface area contributed by atoms with E-state index in [0.29, 0.717) is 11.2 Å². The zero-order valence-corrected chi connectivity index (χ0v) is 19.4. The zero-order valence-electron chi connectivity index (χ0n) is 17.8. The average Bonchev–Trinajstić information content (AvgIpc) is 3.36. The molecule has 2 heterocycles. The third kappa shape index (κ3) is 4.23. The summed E-state index contributed by atoms with van der Waals surface area (Å²) in [6, 6.07) is 11.7. The molecule has 1 saturated heterocycles. The minimum Gasteiger partial charge on any atom is -0.302 e. The molecule has 0 saturated carbocycles. The van der Waals surface area contributed by atoms with Crippen molar-refractivity contribution in [3.8, 4) is 11.3 Å². The van der Waals surface area contributed by atoms with Gasteiger partial charge in [0.05, 0.1) is 16.2 Å². The lowest BCUT2D eigenvalue weighted by Gasteiger charge is -2.30. The van der Waals surface area contributed by atoms with E-state index < -0.39 is 32.6 Å². The minimum atomic E-state index is -4.63. The first kappa shape index (κ1) is 23.0. The van der Waals surface area contributed by atoms with E-state index in [1.807, 2.05) is 18.2 Å². The van der Waals surface area contributed by atoms with Crippen molar-refractivity contribution >= 4 is 32.4 Å². The first-order valence-corrected chi connectivity index (χ1v) is 12.9. The summed E-state index contributed by atoms with van der Waals surface area (Å²) in [6.07, 6.45) is -3.30. The summed E-state index contributed by atoms with van der Waals surface area (Å²) in [5.41, 5.74) is 2.16. The van der Waals surface area contributed by atoms with Gasteiger partial charge in [0.15, 0.2) is 5.13 Å². The van der Waals surface area contributed by atoms with Gasteiger partial charge in [-0.2, -0.15) is 17.5 Å². The minimum absolute atomic E-state index is 0.0540. The first-order valence-electron chi connectivity index (χ1n) is 10.7. The molecule has 1 fully saturated rings. The van der Waals surface area contributed by atoms with Gasteiger partial charge < -0.3 is 5.32 Å². The van der Waals surface area contributed by atoms with Gasteiger partial charge in [-0.3, -0.25) is 4.79 Å². The molecule has 0 spiro atoms. The Kier molecular flexibility index (Phi) is 5.73. The number of rotatable bonds is 4. The number of nitrogens with zero attached hydrogens (tertiary/aromatic N) is 2. The summed E-state index contributed by atoms with van der Waals surface area (Å²) in [5, 5.41) is 3.37. The van der Waals surface area contributed by atoms with E-state index in [-0.39, 0.29) is 31.8 Å². The summed E-state index contributed by atoms with van der Waals surface area (Å²) in [7, 11) is -4.09. The van der Waals surface area contributed by atoms with Gasteiger partial charge in [-0.25, -0.2) is 13.4 Å². The highest BCUT2D eigenvalue weighted by Crippen LogP contribution is 2.41. The Bertz CT molecular complexity index is 1360. The van der Waals surface area contributed by atoms with Gasteiger partial charge in [0.2, 0.25) is 15.9 Å². The molecule has 1 amide bonds. The number of hydrogen-bond donors (Lipinski definition) is 1. The predicted molar refractivity (Wildman–Crippen MR) is 122 cm³/mol. The first-order chi connectivity index (χ1) is 16.1. The molecule has 11 heteroatoms. The van der Waals surface area contributed by atoms with Crippen LogP contribution in [-0.4, -0.2) is 36.7 Å². The lowest BCUT2D eigenvalue weighted by atomic mass is 9.97. The fraction of sp³-hybridized carbons (Fsp3) is 0.304. The number of carbonyl (C=O) groups excluding carboxylic acids is 1. The average molecular weight is 508 g/mol. The highest BCUT2D eigenvalue weighted by atomic mass is 32.2. The van der Waals surface area contributed by atoms with Gasteiger partial charge in [-0.1, -0.05) is 30.3 Å². The van der Waals surface area contributed by atoms with Crippen LogP contribution in [0.2, 0.25) is 0 Å². The lowest BCUT2D eigenvalue weighted by molar-refractivity contribution is -0.137. The Labute approximate surface area is 198 Å². The van der Waals surface area contributed by atoms with Gasteiger partial charge in [-0.05, 0) is 36.6 Å². The van der Waals surface area contributed by atoms with E-state index in [9.17, 15) is 26.4 Å². The van der Waals surface area contributed by atoms with Crippen molar-refractivity contribution in [3.05, 3.63) is 64.5 Å². The fourth-order valence-electron chi connectivity index (χ4n) is 4.36. The van der Waals surface area contributed by atoms with E-state index >= 15 is 0 Å². The Hall–Kier alpha value is -2.76. The summed E-state index contributed by atoms with van der Waals surface area (Å²) >= 11 is 1.44. The number of alkyl halides is 3. The highest BCUT2D eigenvalue weighted by molar-refractivity contribution is 7.89. The summed E-state index contributed by atoms with van der Waals surface area (Å²) in [4.78, 5) is 18.1. The van der Waals surface area contributed by atoms with Crippen molar-refractivity contribution in [3.63, 3.8) is 0 Å². The number of nitrogens with one attached hydrogen (secondary N) is 1. The van der Waals surface area contributed by atoms with Crippen LogP contribution in [0.25, 0.3) is 11.3 Å². The normalized spacial score (nSPS) is 16.8. The molecule has 2 aliphatic rings. The number of fused-ring (bicyclic) bond motifs is 3. The van der Waals surface area contributed by atoms with Gasteiger partial charge in [0.25, 0.3) is 0 Å². The maximum Gasteiger partial charge on any atom is 0.416 e. The molecule has 0 radical (unpaired) electrons. The van der Waals surface area contributed by atoms with E-state index in [0.717, 1.165) is 45.1 Å². The van der Waals surface area contributed by atoms with Gasteiger partial charge in [-0.15, -0.1) is 11.3 Å². The second-order valence-electron chi connectivity index (χ2n) is 8.32. The number of anilines is 1. The Morgan fingerprint density at radius 1 is 1.09 bits per heavy atom. The van der Waals surface area contributed by atoms with Crippen LogP contribution in [0, 0.1) is 5.92 Å². The largest absolute Gasteiger partial charge is 0.416 e. The van der Waals surface area contributed by atoms with Crippen LogP contribution in [0.4, 0.5) is 18.3 Å². The van der Waals surface area contributed by atoms with Crippen molar-refractivity contribution in [2.45, 2.75) is 30.3 Å². The number of sulfonamides is 1. The molecule has 1 aliphatic carbocycles. The number of aromatic nitrogens is 1. The topological polar surface area (TPSA) is 79.4 Å². The van der Waals surface area contributed by atoms with Crippen LogP contribution in [-0.2, 0) is 27.4 Å². The van der Waals surface area contributed by atoms with Crippen molar-refractivity contribution in [2.24, 2.45) is 5.92 Å². The number of benzene rings is 2. The van der Waals surface area contributed by atoms with Crippen molar-refractivity contribution in [1.29, 1.82) is 0 Å². The molecule has 5 rings (SSSR count). The summed E-state index contributed by atoms with van der Waals surface area (Å²) in [6.45, 7) is 0.108. The van der Waals surface area contributed by atoms with E-state index in [4.69, 9.17) is 0 Å². The quantitative estimate of drug-likeness (QED) is 0.432. The van der Waals surface area contributed by atoms with E-state index in [1.54, 1.807) is 0 Å². The molecule has 178 valence electrons. The smallest absolute Gasteiger partial charge is 0.302 e. The van der Waals surface area contributed by atoms with Crippen molar-refractivity contribution < 1.29 is 26.4 Å². The van der Waals surface area contributed by atoms with Crippen LogP contribution in [0.5, 0.6) is 0 Å². The molecular formula is C23H20F3N3O3S2. The number of piperidine rings is 1. The van der Waals surface area contributed by atoms with Crippen LogP contribution < -0.4 is 5.32 Å². The molecule has 0 bridgehead atoms.